The Labute approximate surface area is 178 Å². The van der Waals surface area contributed by atoms with Gasteiger partial charge < -0.3 is 4.90 Å². The quantitative estimate of drug-likeness (QED) is 0.330. The number of fused-ring (bicyclic) bond motifs is 1. The van der Waals surface area contributed by atoms with Crippen LogP contribution in [0.1, 0.15) is 35.2 Å². The molecule has 0 saturated carbocycles. The average Bonchev–Trinajstić information content (AvgIpc) is 3.24. The minimum atomic E-state index is -0.0346. The number of carbonyl (C=O) groups is 1. The second-order valence-corrected chi connectivity index (χ2v) is 8.92. The van der Waals surface area contributed by atoms with E-state index in [9.17, 15) is 9.59 Å². The second-order valence-electron chi connectivity index (χ2n) is 7.08. The molecule has 0 aliphatic carbocycles. The molecule has 4 rings (SSSR count). The molecule has 5 nitrogen and oxygen atoms in total. The number of nitrogens with zero attached hydrogens (tertiary/aromatic N) is 3. The van der Waals surface area contributed by atoms with Crippen LogP contribution in [0.3, 0.4) is 0 Å². The predicted octanol–water partition coefficient (Wildman–Crippen LogP) is 4.56. The van der Waals surface area contributed by atoms with E-state index in [0.29, 0.717) is 22.8 Å². The van der Waals surface area contributed by atoms with Crippen LogP contribution in [-0.2, 0) is 12.3 Å². The minimum absolute atomic E-state index is 0.0346. The minimum Gasteiger partial charge on any atom is -0.339 e. The highest BCUT2D eigenvalue weighted by Crippen LogP contribution is 2.25. The van der Waals surface area contributed by atoms with E-state index in [0.717, 1.165) is 41.9 Å². The van der Waals surface area contributed by atoms with Crippen LogP contribution < -0.4 is 5.56 Å². The summed E-state index contributed by atoms with van der Waals surface area (Å²) >= 11 is 2.99. The van der Waals surface area contributed by atoms with Gasteiger partial charge in [-0.2, -0.15) is 0 Å². The molecule has 0 N–H and O–H groups in total. The van der Waals surface area contributed by atoms with E-state index in [1.165, 1.54) is 29.5 Å². The van der Waals surface area contributed by atoms with Gasteiger partial charge in [-0.05, 0) is 48.4 Å². The Kier molecular flexibility index (Phi) is 6.16. The van der Waals surface area contributed by atoms with Crippen molar-refractivity contribution >= 4 is 39.2 Å². The fraction of sp³-hybridized carbons (Fsp3) is 0.318. The molecule has 29 heavy (non-hydrogen) atoms. The number of hydrogen-bond donors (Lipinski definition) is 0. The number of aromatic nitrogens is 2. The third-order valence-electron chi connectivity index (χ3n) is 5.05. The molecule has 1 aliphatic rings. The molecule has 1 saturated heterocycles. The largest absolute Gasteiger partial charge is 0.339 e. The van der Waals surface area contributed by atoms with Crippen LogP contribution >= 0.6 is 23.1 Å². The lowest BCUT2D eigenvalue weighted by Crippen LogP contribution is -2.35. The summed E-state index contributed by atoms with van der Waals surface area (Å²) in [6.07, 6.45) is 5.08. The van der Waals surface area contributed by atoms with Crippen molar-refractivity contribution in [2.75, 3.05) is 13.1 Å². The van der Waals surface area contributed by atoms with E-state index < -0.39 is 0 Å². The standard InChI is InChI=1S/C22H23N3O2S2/c1-2-10-25-21(27)18-9-13-28-19(18)23-22(25)29-15-16-7-6-8-17(14-16)20(26)24-11-4-3-5-12-24/h2,6-9,13-14H,1,3-5,10-12,15H2. The molecule has 1 amide bonds. The fourth-order valence-corrected chi connectivity index (χ4v) is 5.31. The number of thioether (sulfide) groups is 1. The lowest BCUT2D eigenvalue weighted by Gasteiger charge is -2.26. The monoisotopic (exact) mass is 425 g/mol. The van der Waals surface area contributed by atoms with Gasteiger partial charge in [-0.3, -0.25) is 14.2 Å². The van der Waals surface area contributed by atoms with Gasteiger partial charge in [0.2, 0.25) is 0 Å². The Morgan fingerprint density at radius 3 is 2.86 bits per heavy atom. The maximum absolute atomic E-state index is 12.8. The van der Waals surface area contributed by atoms with Crippen LogP contribution in [0.5, 0.6) is 0 Å². The zero-order valence-corrected chi connectivity index (χ0v) is 17.8. The summed E-state index contributed by atoms with van der Waals surface area (Å²) in [7, 11) is 0. The van der Waals surface area contributed by atoms with E-state index in [2.05, 4.69) is 11.6 Å². The number of piperidine rings is 1. The molecule has 0 atom stereocenters. The number of hydrogen-bond acceptors (Lipinski definition) is 5. The van der Waals surface area contributed by atoms with Crippen molar-refractivity contribution in [1.29, 1.82) is 0 Å². The number of carbonyl (C=O) groups excluding carboxylic acids is 1. The second kappa shape index (κ2) is 8.97. The van der Waals surface area contributed by atoms with E-state index >= 15 is 0 Å². The zero-order chi connectivity index (χ0) is 20.2. The zero-order valence-electron chi connectivity index (χ0n) is 16.2. The van der Waals surface area contributed by atoms with Crippen molar-refractivity contribution in [1.82, 2.24) is 14.5 Å². The molecule has 0 radical (unpaired) electrons. The van der Waals surface area contributed by atoms with Crippen LogP contribution in [0.15, 0.2) is 58.3 Å². The van der Waals surface area contributed by atoms with Gasteiger partial charge in [0.25, 0.3) is 11.5 Å². The van der Waals surface area contributed by atoms with E-state index in [1.807, 2.05) is 40.6 Å². The SMILES string of the molecule is C=CCn1c(SCc2cccc(C(=O)N3CCCCC3)c2)nc2sccc2c1=O. The van der Waals surface area contributed by atoms with Crippen LogP contribution in [0.4, 0.5) is 0 Å². The highest BCUT2D eigenvalue weighted by Gasteiger charge is 2.18. The molecule has 150 valence electrons. The van der Waals surface area contributed by atoms with Gasteiger partial charge in [-0.25, -0.2) is 4.98 Å². The Bertz CT molecular complexity index is 1100. The molecule has 1 aliphatic heterocycles. The number of benzene rings is 1. The number of allylic oxidation sites excluding steroid dienone is 1. The predicted molar refractivity (Wildman–Crippen MR) is 120 cm³/mol. The number of likely N-dealkylation sites (tertiary alicyclic amines) is 1. The average molecular weight is 426 g/mol. The Balaban J connectivity index is 1.55. The number of amides is 1. The molecule has 1 aromatic carbocycles. The van der Waals surface area contributed by atoms with Crippen molar-refractivity contribution < 1.29 is 4.79 Å². The van der Waals surface area contributed by atoms with Crippen LogP contribution in [0.2, 0.25) is 0 Å². The molecule has 0 spiro atoms. The van der Waals surface area contributed by atoms with Gasteiger partial charge in [-0.1, -0.05) is 30.0 Å². The first-order chi connectivity index (χ1) is 14.2. The molecule has 2 aromatic heterocycles. The maximum atomic E-state index is 12.8. The summed E-state index contributed by atoms with van der Waals surface area (Å²) in [5.74, 6) is 0.750. The molecular formula is C22H23N3O2S2. The van der Waals surface area contributed by atoms with Gasteiger partial charge in [0.05, 0.1) is 5.39 Å². The van der Waals surface area contributed by atoms with Crippen molar-refractivity contribution in [3.8, 4) is 0 Å². The van der Waals surface area contributed by atoms with Gasteiger partial charge in [0.15, 0.2) is 5.16 Å². The third-order valence-corrected chi connectivity index (χ3v) is 6.90. The topological polar surface area (TPSA) is 55.2 Å². The molecule has 0 bridgehead atoms. The third kappa shape index (κ3) is 4.31. The smallest absolute Gasteiger partial charge is 0.263 e. The van der Waals surface area contributed by atoms with Crippen molar-refractivity contribution in [3.05, 3.63) is 69.8 Å². The fourth-order valence-electron chi connectivity index (χ4n) is 3.55. The maximum Gasteiger partial charge on any atom is 0.263 e. The lowest BCUT2D eigenvalue weighted by atomic mass is 10.1. The number of thiophene rings is 1. The summed E-state index contributed by atoms with van der Waals surface area (Å²) < 4.78 is 1.66. The lowest BCUT2D eigenvalue weighted by molar-refractivity contribution is 0.0724. The van der Waals surface area contributed by atoms with Gasteiger partial charge in [-0.15, -0.1) is 17.9 Å². The molecular weight excluding hydrogens is 402 g/mol. The summed E-state index contributed by atoms with van der Waals surface area (Å²) in [6, 6.07) is 9.61. The Morgan fingerprint density at radius 1 is 1.24 bits per heavy atom. The van der Waals surface area contributed by atoms with E-state index in [1.54, 1.807) is 10.6 Å². The summed E-state index contributed by atoms with van der Waals surface area (Å²) in [5, 5.41) is 3.22. The van der Waals surface area contributed by atoms with E-state index in [-0.39, 0.29) is 11.5 Å². The highest BCUT2D eigenvalue weighted by molar-refractivity contribution is 7.98. The molecule has 0 unspecified atom stereocenters. The Hall–Kier alpha value is -2.38. The summed E-state index contributed by atoms with van der Waals surface area (Å²) in [6.45, 7) is 5.87. The first-order valence-corrected chi connectivity index (χ1v) is 11.6. The molecule has 3 heterocycles. The Morgan fingerprint density at radius 2 is 2.07 bits per heavy atom. The summed E-state index contributed by atoms with van der Waals surface area (Å²) in [4.78, 5) is 32.9. The molecule has 3 aromatic rings. The molecule has 7 heteroatoms. The first kappa shape index (κ1) is 19.9. The van der Waals surface area contributed by atoms with Crippen LogP contribution in [0.25, 0.3) is 10.2 Å². The number of rotatable bonds is 6. The van der Waals surface area contributed by atoms with Crippen LogP contribution in [-0.4, -0.2) is 33.4 Å². The van der Waals surface area contributed by atoms with Gasteiger partial charge in [0, 0.05) is 31.0 Å². The van der Waals surface area contributed by atoms with Crippen molar-refractivity contribution in [2.24, 2.45) is 0 Å². The normalized spacial score (nSPS) is 14.3. The van der Waals surface area contributed by atoms with Crippen molar-refractivity contribution in [2.45, 2.75) is 36.7 Å². The summed E-state index contributed by atoms with van der Waals surface area (Å²) in [5.41, 5.74) is 1.74. The van der Waals surface area contributed by atoms with Gasteiger partial charge in [0.1, 0.15) is 4.83 Å². The first-order valence-electron chi connectivity index (χ1n) is 9.77. The molecule has 1 fully saturated rings. The van der Waals surface area contributed by atoms with Gasteiger partial charge >= 0.3 is 0 Å². The highest BCUT2D eigenvalue weighted by atomic mass is 32.2. The van der Waals surface area contributed by atoms with E-state index in [4.69, 9.17) is 0 Å². The van der Waals surface area contributed by atoms with Crippen LogP contribution in [0, 0.1) is 0 Å². The van der Waals surface area contributed by atoms with Crippen molar-refractivity contribution in [3.63, 3.8) is 0 Å².